The molecule has 0 N–H and O–H groups in total. The number of morpholine rings is 1. The van der Waals surface area contributed by atoms with E-state index in [1.54, 1.807) is 0 Å². The molecule has 5 nitrogen and oxygen atoms in total. The minimum absolute atomic E-state index is 0.114. The summed E-state index contributed by atoms with van der Waals surface area (Å²) >= 11 is 0. The Bertz CT molecular complexity index is 1040. The van der Waals surface area contributed by atoms with Crippen molar-refractivity contribution >= 4 is 11.6 Å². The number of nitrogens with zero attached hydrogens (tertiary/aromatic N) is 3. The largest absolute Gasteiger partial charge is 0.375 e. The lowest BCUT2D eigenvalue weighted by molar-refractivity contribution is -0.135. The van der Waals surface area contributed by atoms with Crippen LogP contribution in [-0.2, 0) is 15.1 Å². The second-order valence-electron chi connectivity index (χ2n) is 9.02. The Morgan fingerprint density at radius 1 is 1.22 bits per heavy atom. The number of hydrogen-bond donors (Lipinski definition) is 0. The van der Waals surface area contributed by atoms with Crippen LogP contribution < -0.4 is 0 Å². The van der Waals surface area contributed by atoms with E-state index in [1.165, 1.54) is 11.9 Å². The van der Waals surface area contributed by atoms with E-state index in [0.717, 1.165) is 56.3 Å². The highest BCUT2D eigenvalue weighted by Crippen LogP contribution is 2.43. The van der Waals surface area contributed by atoms with Gasteiger partial charge < -0.3 is 4.74 Å². The Labute approximate surface area is 186 Å². The molecule has 2 bridgehead atoms. The van der Waals surface area contributed by atoms with Crippen molar-refractivity contribution < 1.29 is 18.3 Å². The molecule has 0 radical (unpaired) electrons. The fraction of sp³-hybridized carbons (Fsp3) is 0.440. The smallest absolute Gasteiger partial charge is 0.240 e. The molecule has 3 atom stereocenters. The molecular formula is C25H27F2N3O2. The Kier molecular flexibility index (Phi) is 5.55. The summed E-state index contributed by atoms with van der Waals surface area (Å²) in [7, 11) is 0. The third-order valence-electron chi connectivity index (χ3n) is 6.98. The highest BCUT2D eigenvalue weighted by molar-refractivity contribution is 6.03. The SMILES string of the molecule is CC(=O)N1N=C(c2cc(F)ccc2F)CC1(CCCN1CC2CC1CO2)c1ccccc1. The molecule has 2 saturated heterocycles. The summed E-state index contributed by atoms with van der Waals surface area (Å²) in [5.74, 6) is -1.28. The lowest BCUT2D eigenvalue weighted by atomic mass is 9.80. The number of carbonyl (C=O) groups is 1. The minimum Gasteiger partial charge on any atom is -0.375 e. The number of halogens is 2. The third-order valence-corrected chi connectivity index (χ3v) is 6.98. The molecule has 3 aliphatic rings. The summed E-state index contributed by atoms with van der Waals surface area (Å²) in [5, 5.41) is 6.03. The molecule has 1 amide bonds. The maximum atomic E-state index is 14.6. The minimum atomic E-state index is -0.726. The number of benzene rings is 2. The van der Waals surface area contributed by atoms with Crippen LogP contribution in [0.4, 0.5) is 8.78 Å². The van der Waals surface area contributed by atoms with E-state index in [9.17, 15) is 13.6 Å². The van der Waals surface area contributed by atoms with Gasteiger partial charge >= 0.3 is 0 Å². The van der Waals surface area contributed by atoms with Crippen molar-refractivity contribution in [2.75, 3.05) is 19.7 Å². The molecule has 168 valence electrons. The highest BCUT2D eigenvalue weighted by atomic mass is 19.1. The molecule has 5 rings (SSSR count). The first-order valence-electron chi connectivity index (χ1n) is 11.2. The van der Waals surface area contributed by atoms with E-state index < -0.39 is 17.2 Å². The van der Waals surface area contributed by atoms with Gasteiger partial charge in [0, 0.05) is 31.5 Å². The van der Waals surface area contributed by atoms with Crippen LogP contribution in [0.15, 0.2) is 53.6 Å². The Morgan fingerprint density at radius 2 is 2.03 bits per heavy atom. The Hall–Kier alpha value is -2.64. The standard InChI is InChI=1S/C25H27F2N3O2/c1-17(31)30-25(18-6-3-2-4-7-18,10-5-11-29-15-21-13-20(29)16-32-21)14-24(28-30)22-12-19(26)8-9-23(22)27/h2-4,6-9,12,20-21H,5,10-11,13-16H2,1H3. The molecule has 3 aliphatic heterocycles. The Balaban J connectivity index is 1.45. The van der Waals surface area contributed by atoms with Crippen LogP contribution in [0.1, 0.15) is 43.7 Å². The van der Waals surface area contributed by atoms with Crippen molar-refractivity contribution in [2.45, 2.75) is 50.3 Å². The summed E-state index contributed by atoms with van der Waals surface area (Å²) in [5.41, 5.74) is 0.742. The predicted octanol–water partition coefficient (Wildman–Crippen LogP) is 4.07. The lowest BCUT2D eigenvalue weighted by Gasteiger charge is -2.37. The van der Waals surface area contributed by atoms with Gasteiger partial charge in [-0.2, -0.15) is 5.10 Å². The van der Waals surface area contributed by atoms with E-state index in [0.29, 0.717) is 30.7 Å². The quantitative estimate of drug-likeness (QED) is 0.682. The number of carbonyl (C=O) groups excluding carboxylic acids is 1. The first kappa shape index (κ1) is 21.2. The zero-order chi connectivity index (χ0) is 22.3. The van der Waals surface area contributed by atoms with Gasteiger partial charge in [-0.3, -0.25) is 9.69 Å². The van der Waals surface area contributed by atoms with Crippen molar-refractivity contribution in [3.63, 3.8) is 0 Å². The van der Waals surface area contributed by atoms with Crippen LogP contribution in [0.2, 0.25) is 0 Å². The summed E-state index contributed by atoms with van der Waals surface area (Å²) < 4.78 is 34.2. The second kappa shape index (κ2) is 8.37. The number of likely N-dealkylation sites (tertiary alicyclic amines) is 1. The van der Waals surface area contributed by atoms with Gasteiger partial charge in [0.25, 0.3) is 0 Å². The fourth-order valence-electron chi connectivity index (χ4n) is 5.48. The average Bonchev–Trinajstić information content (AvgIpc) is 3.51. The van der Waals surface area contributed by atoms with Crippen molar-refractivity contribution in [2.24, 2.45) is 5.10 Å². The van der Waals surface area contributed by atoms with Gasteiger partial charge in [-0.15, -0.1) is 0 Å². The predicted molar refractivity (Wildman–Crippen MR) is 117 cm³/mol. The van der Waals surface area contributed by atoms with Crippen molar-refractivity contribution in [1.29, 1.82) is 0 Å². The number of hydrogen-bond acceptors (Lipinski definition) is 4. The van der Waals surface area contributed by atoms with Crippen LogP contribution >= 0.6 is 0 Å². The van der Waals surface area contributed by atoms with Gasteiger partial charge in [0.05, 0.1) is 24.0 Å². The first-order valence-corrected chi connectivity index (χ1v) is 11.2. The molecule has 2 aromatic carbocycles. The molecule has 32 heavy (non-hydrogen) atoms. The van der Waals surface area contributed by atoms with Gasteiger partial charge in [-0.1, -0.05) is 30.3 Å². The van der Waals surface area contributed by atoms with E-state index >= 15 is 0 Å². The maximum absolute atomic E-state index is 14.6. The number of fused-ring (bicyclic) bond motifs is 2. The Morgan fingerprint density at radius 3 is 2.72 bits per heavy atom. The van der Waals surface area contributed by atoms with Gasteiger partial charge in [0.15, 0.2) is 0 Å². The van der Waals surface area contributed by atoms with Gasteiger partial charge in [0.1, 0.15) is 11.6 Å². The number of hydrazone groups is 1. The maximum Gasteiger partial charge on any atom is 0.240 e. The molecule has 2 aromatic rings. The fourth-order valence-corrected chi connectivity index (χ4v) is 5.48. The topological polar surface area (TPSA) is 45.1 Å². The molecule has 3 unspecified atom stereocenters. The number of rotatable bonds is 6. The van der Waals surface area contributed by atoms with E-state index in [1.807, 2.05) is 30.3 Å². The summed E-state index contributed by atoms with van der Waals surface area (Å²) in [6, 6.07) is 13.6. The van der Waals surface area contributed by atoms with Crippen LogP contribution in [-0.4, -0.2) is 53.4 Å². The number of amides is 1. The van der Waals surface area contributed by atoms with Crippen LogP contribution in [0.25, 0.3) is 0 Å². The summed E-state index contributed by atoms with van der Waals surface area (Å²) in [4.78, 5) is 15.2. The van der Waals surface area contributed by atoms with Crippen LogP contribution in [0.5, 0.6) is 0 Å². The van der Waals surface area contributed by atoms with Crippen molar-refractivity contribution in [3.8, 4) is 0 Å². The van der Waals surface area contributed by atoms with E-state index in [4.69, 9.17) is 4.74 Å². The average molecular weight is 440 g/mol. The molecule has 0 aromatic heterocycles. The third kappa shape index (κ3) is 3.73. The second-order valence-corrected chi connectivity index (χ2v) is 9.02. The molecule has 0 spiro atoms. The molecular weight excluding hydrogens is 412 g/mol. The number of ether oxygens (including phenoxy) is 1. The van der Waals surface area contributed by atoms with Crippen molar-refractivity contribution in [1.82, 2.24) is 9.91 Å². The first-order chi connectivity index (χ1) is 15.5. The van der Waals surface area contributed by atoms with Gasteiger partial charge in [-0.25, -0.2) is 13.8 Å². The van der Waals surface area contributed by atoms with E-state index in [2.05, 4.69) is 10.0 Å². The molecule has 2 fully saturated rings. The molecule has 3 heterocycles. The highest BCUT2D eigenvalue weighted by Gasteiger charge is 2.47. The molecule has 0 saturated carbocycles. The summed E-state index contributed by atoms with van der Waals surface area (Å²) in [6.07, 6.45) is 3.31. The van der Waals surface area contributed by atoms with Crippen LogP contribution in [0, 0.1) is 11.6 Å². The zero-order valence-corrected chi connectivity index (χ0v) is 18.1. The van der Waals surface area contributed by atoms with Crippen LogP contribution in [0.3, 0.4) is 0 Å². The summed E-state index contributed by atoms with van der Waals surface area (Å²) in [6.45, 7) is 4.13. The van der Waals surface area contributed by atoms with E-state index in [-0.39, 0.29) is 11.5 Å². The normalized spacial score (nSPS) is 27.2. The van der Waals surface area contributed by atoms with Gasteiger partial charge in [0.2, 0.25) is 5.91 Å². The molecule has 7 heteroatoms. The van der Waals surface area contributed by atoms with Gasteiger partial charge in [-0.05, 0) is 49.6 Å². The zero-order valence-electron chi connectivity index (χ0n) is 18.1. The lowest BCUT2D eigenvalue weighted by Crippen LogP contribution is -2.44. The van der Waals surface area contributed by atoms with Crippen molar-refractivity contribution in [3.05, 3.63) is 71.3 Å². The monoisotopic (exact) mass is 439 g/mol. The molecule has 0 aliphatic carbocycles.